The molecule has 0 saturated heterocycles. The summed E-state index contributed by atoms with van der Waals surface area (Å²) >= 11 is 0. The molecule has 0 heterocycles. The van der Waals surface area contributed by atoms with Gasteiger partial charge < -0.3 is 0 Å². The highest BCUT2D eigenvalue weighted by Gasteiger charge is 2.37. The van der Waals surface area contributed by atoms with Crippen molar-refractivity contribution in [1.82, 2.24) is 0 Å². The average molecular weight is 217 g/mol. The second kappa shape index (κ2) is 8.01. The topological polar surface area (TPSA) is 99.5 Å². The van der Waals surface area contributed by atoms with Crippen LogP contribution in [0, 0.1) is 5.92 Å². The molecule has 15 heavy (non-hydrogen) atoms. The van der Waals surface area contributed by atoms with Crippen molar-refractivity contribution in [3.8, 4) is 0 Å². The molecular formula is C10H17O5. The number of hydrogen-bond acceptors (Lipinski definition) is 0. The average Bonchev–Trinajstić information content (AvgIpc) is 2.18. The molecule has 0 atom stereocenters. The normalized spacial score (nSPS) is 12.4. The summed E-state index contributed by atoms with van der Waals surface area (Å²) < 4.78 is 0. The Hall–Kier alpha value is -0.200. The Bertz CT molecular complexity index is 139. The lowest BCUT2D eigenvalue weighted by molar-refractivity contribution is -0.125. The second-order valence-electron chi connectivity index (χ2n) is 3.66. The molecule has 0 bridgehead atoms. The monoisotopic (exact) mass is 217 g/mol. The van der Waals surface area contributed by atoms with Crippen molar-refractivity contribution in [2.75, 3.05) is 26.4 Å². The van der Waals surface area contributed by atoms with Crippen LogP contribution in [0.5, 0.6) is 0 Å². The molecule has 0 saturated carbocycles. The zero-order valence-electron chi connectivity index (χ0n) is 8.78. The third-order valence-corrected chi connectivity index (χ3v) is 2.73. The van der Waals surface area contributed by atoms with Gasteiger partial charge in [0.2, 0.25) is 0 Å². The molecule has 0 rings (SSSR count). The van der Waals surface area contributed by atoms with Gasteiger partial charge in [0.1, 0.15) is 5.60 Å². The lowest BCUT2D eigenvalue weighted by Gasteiger charge is -2.32. The minimum atomic E-state index is -1.65. The van der Waals surface area contributed by atoms with E-state index in [9.17, 15) is 25.5 Å². The largest absolute Gasteiger partial charge is 0.237 e. The predicted molar refractivity (Wildman–Crippen MR) is 47.6 cm³/mol. The molecule has 0 aromatic carbocycles. The van der Waals surface area contributed by atoms with Crippen LogP contribution in [-0.4, -0.2) is 32.0 Å². The maximum atomic E-state index is 12.1. The fraction of sp³-hybridized carbons (Fsp3) is 1.00. The van der Waals surface area contributed by atoms with Crippen molar-refractivity contribution in [3.05, 3.63) is 0 Å². The summed E-state index contributed by atoms with van der Waals surface area (Å²) in [5.74, 6) is -0.615. The highest BCUT2D eigenvalue weighted by Crippen LogP contribution is 2.31. The molecule has 0 aromatic rings. The van der Waals surface area contributed by atoms with Crippen molar-refractivity contribution in [2.45, 2.75) is 31.3 Å². The van der Waals surface area contributed by atoms with Gasteiger partial charge in [0.15, 0.2) is 0 Å². The van der Waals surface area contributed by atoms with E-state index in [1.807, 2.05) is 0 Å². The van der Waals surface area contributed by atoms with Crippen LogP contribution >= 0.6 is 0 Å². The van der Waals surface area contributed by atoms with Gasteiger partial charge in [-0.2, -0.15) is 0 Å². The Balaban J connectivity index is 4.48. The van der Waals surface area contributed by atoms with Crippen molar-refractivity contribution >= 4 is 0 Å². The fourth-order valence-corrected chi connectivity index (χ4v) is 1.83. The maximum absolute atomic E-state index is 12.1. The first-order valence-electron chi connectivity index (χ1n) is 5.17. The molecule has 0 aromatic heterocycles. The van der Waals surface area contributed by atoms with Crippen LogP contribution in [0.3, 0.4) is 0 Å². The minimum absolute atomic E-state index is 0.0890. The zero-order chi connectivity index (χ0) is 11.7. The van der Waals surface area contributed by atoms with Crippen molar-refractivity contribution in [3.63, 3.8) is 0 Å². The first-order chi connectivity index (χ1) is 7.14. The van der Waals surface area contributed by atoms with Gasteiger partial charge in [-0.15, -0.1) is 0 Å². The van der Waals surface area contributed by atoms with Crippen LogP contribution in [0.15, 0.2) is 0 Å². The van der Waals surface area contributed by atoms with E-state index in [1.54, 1.807) is 0 Å². The van der Waals surface area contributed by atoms with Crippen LogP contribution in [0.4, 0.5) is 0 Å². The first kappa shape index (κ1) is 14.8. The summed E-state index contributed by atoms with van der Waals surface area (Å²) in [5.41, 5.74) is -1.65. The summed E-state index contributed by atoms with van der Waals surface area (Å²) in [7, 11) is 0. The van der Waals surface area contributed by atoms with Gasteiger partial charge in [-0.3, -0.25) is 0 Å². The van der Waals surface area contributed by atoms with Crippen molar-refractivity contribution in [1.29, 1.82) is 0 Å². The SMILES string of the molecule is [O]CCC(CC[O])C([O])(CC[O])CC[O]. The molecule has 5 nitrogen and oxygen atoms in total. The smallest absolute Gasteiger partial charge is 0.111 e. The van der Waals surface area contributed by atoms with E-state index in [-0.39, 0.29) is 25.7 Å². The lowest BCUT2D eigenvalue weighted by Crippen LogP contribution is -2.39. The van der Waals surface area contributed by atoms with E-state index in [0.29, 0.717) is 0 Å². The molecule has 0 spiro atoms. The van der Waals surface area contributed by atoms with Crippen LogP contribution in [0.1, 0.15) is 25.7 Å². The molecule has 0 aliphatic heterocycles. The van der Waals surface area contributed by atoms with E-state index < -0.39 is 37.9 Å². The Kier molecular flexibility index (Phi) is 7.90. The van der Waals surface area contributed by atoms with E-state index in [4.69, 9.17) is 0 Å². The third-order valence-electron chi connectivity index (χ3n) is 2.73. The molecule has 5 radical (unpaired) electrons. The van der Waals surface area contributed by atoms with Crippen LogP contribution in [0.2, 0.25) is 0 Å². The van der Waals surface area contributed by atoms with E-state index in [2.05, 4.69) is 0 Å². The summed E-state index contributed by atoms with van der Waals surface area (Å²) in [6.07, 6.45) is -0.155. The lowest BCUT2D eigenvalue weighted by atomic mass is 9.78. The molecule has 0 N–H and O–H groups in total. The Morgan fingerprint density at radius 3 is 1.40 bits per heavy atom. The maximum Gasteiger partial charge on any atom is 0.111 e. The van der Waals surface area contributed by atoms with Crippen molar-refractivity contribution in [2.24, 2.45) is 5.92 Å². The van der Waals surface area contributed by atoms with Crippen molar-refractivity contribution < 1.29 is 25.5 Å². The van der Waals surface area contributed by atoms with Gasteiger partial charge in [0.25, 0.3) is 0 Å². The molecule has 0 aliphatic carbocycles. The van der Waals surface area contributed by atoms with Gasteiger partial charge in [-0.25, -0.2) is 25.5 Å². The van der Waals surface area contributed by atoms with E-state index in [1.165, 1.54) is 0 Å². The summed E-state index contributed by atoms with van der Waals surface area (Å²) in [4.78, 5) is 0. The second-order valence-corrected chi connectivity index (χ2v) is 3.66. The van der Waals surface area contributed by atoms with Gasteiger partial charge in [-0.1, -0.05) is 0 Å². The zero-order valence-corrected chi connectivity index (χ0v) is 8.78. The van der Waals surface area contributed by atoms with E-state index >= 15 is 0 Å². The molecule has 87 valence electrons. The van der Waals surface area contributed by atoms with Gasteiger partial charge in [-0.05, 0) is 18.8 Å². The van der Waals surface area contributed by atoms with Gasteiger partial charge >= 0.3 is 0 Å². The highest BCUT2D eigenvalue weighted by atomic mass is 16.3. The van der Waals surface area contributed by atoms with Gasteiger partial charge in [0, 0.05) is 12.8 Å². The molecule has 0 unspecified atom stereocenters. The fourth-order valence-electron chi connectivity index (χ4n) is 1.83. The molecular weight excluding hydrogens is 200 g/mol. The molecule has 0 amide bonds. The van der Waals surface area contributed by atoms with Crippen LogP contribution < -0.4 is 0 Å². The minimum Gasteiger partial charge on any atom is -0.237 e. The quantitative estimate of drug-likeness (QED) is 0.551. The molecule has 0 fully saturated rings. The van der Waals surface area contributed by atoms with Gasteiger partial charge in [0.05, 0.1) is 26.4 Å². The predicted octanol–water partition coefficient (Wildman–Crippen LogP) is 1.05. The highest BCUT2D eigenvalue weighted by molar-refractivity contribution is 4.85. The summed E-state index contributed by atoms with van der Waals surface area (Å²) in [5, 5.41) is 54.0. The standard InChI is InChI=1S/C10H17O5/c11-5-1-9(2-6-12)10(15,3-7-13)4-8-14/h9H,1-8H2. The summed E-state index contributed by atoms with van der Waals surface area (Å²) in [6, 6.07) is 0. The number of hydrogen-bond donors (Lipinski definition) is 0. The van der Waals surface area contributed by atoms with Crippen LogP contribution in [-0.2, 0) is 25.5 Å². The Morgan fingerprint density at radius 2 is 1.13 bits per heavy atom. The first-order valence-corrected chi connectivity index (χ1v) is 5.17. The number of rotatable bonds is 9. The van der Waals surface area contributed by atoms with E-state index in [0.717, 1.165) is 0 Å². The Labute approximate surface area is 90.0 Å². The third kappa shape index (κ3) is 4.90. The molecule has 5 heteroatoms. The molecule has 0 aliphatic rings. The Morgan fingerprint density at radius 1 is 0.733 bits per heavy atom. The van der Waals surface area contributed by atoms with Crippen LogP contribution in [0.25, 0.3) is 0 Å². The summed E-state index contributed by atoms with van der Waals surface area (Å²) in [6.45, 7) is -1.99.